The molecule has 19 heavy (non-hydrogen) atoms. The molecular formula is C15H14ClFN2. The maximum atomic E-state index is 13.6. The van der Waals surface area contributed by atoms with Crippen LogP contribution in [0.2, 0.25) is 5.02 Å². The first-order valence-electron chi connectivity index (χ1n) is 6.15. The molecule has 1 aliphatic heterocycles. The summed E-state index contributed by atoms with van der Waals surface area (Å²) in [4.78, 5) is 0. The van der Waals surface area contributed by atoms with Crippen LogP contribution in [-0.4, -0.2) is 6.54 Å². The van der Waals surface area contributed by atoms with Gasteiger partial charge in [0.2, 0.25) is 0 Å². The van der Waals surface area contributed by atoms with E-state index < -0.39 is 5.82 Å². The van der Waals surface area contributed by atoms with Crippen molar-refractivity contribution in [2.45, 2.75) is 12.5 Å². The van der Waals surface area contributed by atoms with Crippen LogP contribution in [0.4, 0.5) is 15.8 Å². The number of hydrogen-bond acceptors (Lipinski definition) is 2. The molecular weight excluding hydrogens is 263 g/mol. The van der Waals surface area contributed by atoms with E-state index in [9.17, 15) is 4.39 Å². The summed E-state index contributed by atoms with van der Waals surface area (Å²) in [5, 5.41) is 6.84. The van der Waals surface area contributed by atoms with Crippen LogP contribution < -0.4 is 10.6 Å². The van der Waals surface area contributed by atoms with Crippen LogP contribution in [0.25, 0.3) is 0 Å². The van der Waals surface area contributed by atoms with E-state index in [0.717, 1.165) is 16.9 Å². The monoisotopic (exact) mass is 276 g/mol. The first-order valence-corrected chi connectivity index (χ1v) is 6.53. The lowest BCUT2D eigenvalue weighted by Gasteiger charge is -2.38. The molecule has 0 aliphatic carbocycles. The fraction of sp³-hybridized carbons (Fsp3) is 0.200. The van der Waals surface area contributed by atoms with Crippen molar-refractivity contribution >= 4 is 23.0 Å². The number of halogens is 2. The number of benzene rings is 2. The Balaban J connectivity index is 2.00. The van der Waals surface area contributed by atoms with Crippen LogP contribution in [0.5, 0.6) is 0 Å². The van der Waals surface area contributed by atoms with Gasteiger partial charge in [0.1, 0.15) is 5.82 Å². The van der Waals surface area contributed by atoms with Crippen molar-refractivity contribution < 1.29 is 4.39 Å². The minimum atomic E-state index is -0.410. The highest BCUT2D eigenvalue weighted by molar-refractivity contribution is 6.31. The Morgan fingerprint density at radius 3 is 2.63 bits per heavy atom. The van der Waals surface area contributed by atoms with Crippen molar-refractivity contribution in [2.75, 3.05) is 17.2 Å². The molecule has 0 saturated carbocycles. The lowest BCUT2D eigenvalue weighted by molar-refractivity contribution is 0.562. The van der Waals surface area contributed by atoms with Crippen LogP contribution in [0.1, 0.15) is 12.5 Å². The van der Waals surface area contributed by atoms with Crippen molar-refractivity contribution in [3.63, 3.8) is 0 Å². The molecule has 3 rings (SSSR count). The van der Waals surface area contributed by atoms with Gasteiger partial charge in [0.05, 0.1) is 21.9 Å². The molecule has 0 saturated heterocycles. The molecule has 0 radical (unpaired) electrons. The van der Waals surface area contributed by atoms with Crippen molar-refractivity contribution in [1.82, 2.24) is 0 Å². The maximum Gasteiger partial charge on any atom is 0.143 e. The quantitative estimate of drug-likeness (QED) is 0.814. The molecule has 2 nitrogen and oxygen atoms in total. The van der Waals surface area contributed by atoms with Gasteiger partial charge in [-0.25, -0.2) is 4.39 Å². The minimum Gasteiger partial charge on any atom is -0.381 e. The molecule has 1 heterocycles. The van der Waals surface area contributed by atoms with Crippen LogP contribution >= 0.6 is 11.6 Å². The largest absolute Gasteiger partial charge is 0.381 e. The van der Waals surface area contributed by atoms with Crippen molar-refractivity contribution in [1.29, 1.82) is 0 Å². The highest BCUT2D eigenvalue weighted by Gasteiger charge is 2.31. The third kappa shape index (κ3) is 2.15. The van der Waals surface area contributed by atoms with Gasteiger partial charge in [0.15, 0.2) is 0 Å². The van der Waals surface area contributed by atoms with E-state index in [0.29, 0.717) is 6.54 Å². The van der Waals surface area contributed by atoms with Gasteiger partial charge in [-0.3, -0.25) is 0 Å². The van der Waals surface area contributed by atoms with Gasteiger partial charge in [-0.15, -0.1) is 0 Å². The number of nitrogens with one attached hydrogen (secondary N) is 2. The number of hydrogen-bond donors (Lipinski definition) is 2. The summed E-state index contributed by atoms with van der Waals surface area (Å²) in [5.41, 5.74) is 2.46. The lowest BCUT2D eigenvalue weighted by Crippen LogP contribution is -2.42. The Morgan fingerprint density at radius 1 is 1.16 bits per heavy atom. The summed E-state index contributed by atoms with van der Waals surface area (Å²) < 4.78 is 13.6. The molecule has 0 aromatic heterocycles. The van der Waals surface area contributed by atoms with E-state index in [1.165, 1.54) is 6.07 Å². The van der Waals surface area contributed by atoms with E-state index in [-0.39, 0.29) is 10.6 Å². The molecule has 1 atom stereocenters. The summed E-state index contributed by atoms with van der Waals surface area (Å²) in [6, 6.07) is 13.2. The second-order valence-electron chi connectivity index (χ2n) is 4.99. The molecule has 98 valence electrons. The average molecular weight is 277 g/mol. The zero-order valence-corrected chi connectivity index (χ0v) is 11.3. The van der Waals surface area contributed by atoms with Crippen LogP contribution in [0.3, 0.4) is 0 Å². The van der Waals surface area contributed by atoms with Crippen molar-refractivity contribution in [3.8, 4) is 0 Å². The minimum absolute atomic E-state index is 0.136. The number of fused-ring (bicyclic) bond motifs is 1. The SMILES string of the molecule is CC1(c2ccccc2)CNc2cc(Cl)c(F)cc2N1. The van der Waals surface area contributed by atoms with Gasteiger partial charge in [-0.2, -0.15) is 0 Å². The second-order valence-corrected chi connectivity index (χ2v) is 5.40. The predicted molar refractivity (Wildman–Crippen MR) is 77.3 cm³/mol. The van der Waals surface area contributed by atoms with Gasteiger partial charge < -0.3 is 10.6 Å². The Bertz CT molecular complexity index is 615. The van der Waals surface area contributed by atoms with Gasteiger partial charge >= 0.3 is 0 Å². The Morgan fingerprint density at radius 2 is 1.89 bits per heavy atom. The van der Waals surface area contributed by atoms with Gasteiger partial charge in [0, 0.05) is 12.6 Å². The molecule has 2 N–H and O–H groups in total. The highest BCUT2D eigenvalue weighted by Crippen LogP contribution is 2.37. The first kappa shape index (κ1) is 12.3. The van der Waals surface area contributed by atoms with Crippen molar-refractivity contribution in [2.24, 2.45) is 0 Å². The summed E-state index contributed by atoms with van der Waals surface area (Å²) in [7, 11) is 0. The number of rotatable bonds is 1. The number of anilines is 2. The zero-order chi connectivity index (χ0) is 13.5. The Labute approximate surface area is 116 Å². The molecule has 1 aliphatic rings. The molecule has 4 heteroatoms. The van der Waals surface area contributed by atoms with E-state index in [4.69, 9.17) is 11.6 Å². The van der Waals surface area contributed by atoms with Gasteiger partial charge in [-0.05, 0) is 18.6 Å². The van der Waals surface area contributed by atoms with Crippen LogP contribution in [-0.2, 0) is 5.54 Å². The Kier molecular flexibility index (Phi) is 2.86. The Hall–Kier alpha value is -1.74. The first-order chi connectivity index (χ1) is 9.08. The summed E-state index contributed by atoms with van der Waals surface area (Å²) >= 11 is 5.79. The summed E-state index contributed by atoms with van der Waals surface area (Å²) in [6.45, 7) is 2.80. The predicted octanol–water partition coefficient (Wildman–Crippen LogP) is 4.23. The lowest BCUT2D eigenvalue weighted by atomic mass is 9.89. The molecule has 2 aromatic rings. The molecule has 2 aromatic carbocycles. The smallest absolute Gasteiger partial charge is 0.143 e. The third-order valence-electron chi connectivity index (χ3n) is 3.51. The fourth-order valence-electron chi connectivity index (χ4n) is 2.39. The zero-order valence-electron chi connectivity index (χ0n) is 10.5. The maximum absolute atomic E-state index is 13.6. The average Bonchev–Trinajstić information content (AvgIpc) is 2.42. The molecule has 0 fully saturated rings. The fourth-order valence-corrected chi connectivity index (χ4v) is 2.55. The molecule has 0 bridgehead atoms. The van der Waals surface area contributed by atoms with Gasteiger partial charge in [0.25, 0.3) is 0 Å². The standard InChI is InChI=1S/C15H14ClFN2/c1-15(10-5-3-2-4-6-10)9-18-13-7-11(16)12(17)8-14(13)19-15/h2-8,18-19H,9H2,1H3. The topological polar surface area (TPSA) is 24.1 Å². The van der Waals surface area contributed by atoms with E-state index >= 15 is 0 Å². The van der Waals surface area contributed by atoms with Crippen molar-refractivity contribution in [3.05, 3.63) is 58.9 Å². The second kappa shape index (κ2) is 4.42. The molecule has 0 amide bonds. The highest BCUT2D eigenvalue weighted by atomic mass is 35.5. The molecule has 0 spiro atoms. The van der Waals surface area contributed by atoms with E-state index in [1.54, 1.807) is 6.07 Å². The van der Waals surface area contributed by atoms with Crippen LogP contribution in [0, 0.1) is 5.82 Å². The third-order valence-corrected chi connectivity index (χ3v) is 3.80. The van der Waals surface area contributed by atoms with E-state index in [1.807, 2.05) is 18.2 Å². The van der Waals surface area contributed by atoms with Gasteiger partial charge in [-0.1, -0.05) is 41.9 Å². The normalized spacial score (nSPS) is 21.2. The van der Waals surface area contributed by atoms with Crippen LogP contribution in [0.15, 0.2) is 42.5 Å². The van der Waals surface area contributed by atoms with E-state index in [2.05, 4.69) is 29.7 Å². The molecule has 1 unspecified atom stereocenters. The summed E-state index contributed by atoms with van der Waals surface area (Å²) in [5.74, 6) is -0.410. The summed E-state index contributed by atoms with van der Waals surface area (Å²) in [6.07, 6.45) is 0.